The van der Waals surface area contributed by atoms with Crippen LogP contribution in [0.2, 0.25) is 0 Å². The first-order chi connectivity index (χ1) is 6.50. The molecule has 14 heavy (non-hydrogen) atoms. The van der Waals surface area contributed by atoms with Crippen LogP contribution in [0.1, 0.15) is 28.7 Å². The lowest BCUT2D eigenvalue weighted by molar-refractivity contribution is 0.138. The van der Waals surface area contributed by atoms with Crippen LogP contribution in [0.4, 0.5) is 8.78 Å². The predicted molar refractivity (Wildman–Crippen MR) is 55.0 cm³/mol. The number of hydrogen-bond acceptors (Lipinski definition) is 0. The fourth-order valence-electron chi connectivity index (χ4n) is 1.55. The third kappa shape index (κ3) is 2.79. The van der Waals surface area contributed by atoms with E-state index in [-0.39, 0.29) is 6.42 Å². The summed E-state index contributed by atoms with van der Waals surface area (Å²) in [6, 6.07) is 4.09. The maximum Gasteiger partial charge on any atom is 0.239 e. The molecule has 0 spiro atoms. The molecule has 0 aliphatic rings. The zero-order valence-corrected chi connectivity index (χ0v) is 8.90. The molecule has 78 valence electrons. The number of rotatable bonds is 3. The Labute approximate surface area is 84.0 Å². The van der Waals surface area contributed by atoms with E-state index in [1.54, 1.807) is 0 Å². The Hall–Kier alpha value is -0.920. The van der Waals surface area contributed by atoms with Crippen molar-refractivity contribution in [3.8, 4) is 0 Å². The largest absolute Gasteiger partial charge is 0.239 e. The third-order valence-electron chi connectivity index (χ3n) is 2.58. The summed E-state index contributed by atoms with van der Waals surface area (Å²) in [6.45, 7) is 6.03. The lowest BCUT2D eigenvalue weighted by Crippen LogP contribution is -1.98. The van der Waals surface area contributed by atoms with E-state index in [9.17, 15) is 8.78 Å². The van der Waals surface area contributed by atoms with Crippen molar-refractivity contribution in [2.45, 2.75) is 40.0 Å². The standard InChI is InChI=1S/C12H16F2/c1-8-6-10(3)11(7-9(8)2)4-5-12(13)14/h6-7,12H,4-5H2,1-3H3. The lowest BCUT2D eigenvalue weighted by Gasteiger charge is -2.09. The highest BCUT2D eigenvalue weighted by molar-refractivity contribution is 5.36. The number of benzene rings is 1. The van der Waals surface area contributed by atoms with Gasteiger partial charge in [0.1, 0.15) is 0 Å². The quantitative estimate of drug-likeness (QED) is 0.692. The van der Waals surface area contributed by atoms with E-state index in [0.29, 0.717) is 6.42 Å². The molecular formula is C12H16F2. The number of halogens is 2. The van der Waals surface area contributed by atoms with Gasteiger partial charge in [0.05, 0.1) is 0 Å². The van der Waals surface area contributed by atoms with E-state index in [1.165, 1.54) is 11.1 Å². The van der Waals surface area contributed by atoms with Gasteiger partial charge in [-0.25, -0.2) is 8.78 Å². The molecular weight excluding hydrogens is 182 g/mol. The zero-order chi connectivity index (χ0) is 10.7. The van der Waals surface area contributed by atoms with Crippen LogP contribution in [0.3, 0.4) is 0 Å². The molecule has 0 aliphatic heterocycles. The maximum absolute atomic E-state index is 12.0. The molecule has 1 rings (SSSR count). The van der Waals surface area contributed by atoms with Crippen LogP contribution in [0.15, 0.2) is 12.1 Å². The Balaban J connectivity index is 2.82. The van der Waals surface area contributed by atoms with Gasteiger partial charge in [-0.3, -0.25) is 0 Å². The van der Waals surface area contributed by atoms with Gasteiger partial charge in [0.25, 0.3) is 0 Å². The van der Waals surface area contributed by atoms with Crippen LogP contribution in [0.5, 0.6) is 0 Å². The smallest absolute Gasteiger partial charge is 0.211 e. The molecule has 1 aromatic rings. The van der Waals surface area contributed by atoms with Crippen molar-refractivity contribution in [1.29, 1.82) is 0 Å². The Kier molecular flexibility index (Phi) is 3.62. The minimum atomic E-state index is -2.20. The van der Waals surface area contributed by atoms with Crippen LogP contribution in [-0.4, -0.2) is 6.43 Å². The van der Waals surface area contributed by atoms with Crippen molar-refractivity contribution in [3.05, 3.63) is 34.4 Å². The van der Waals surface area contributed by atoms with Gasteiger partial charge in [-0.1, -0.05) is 12.1 Å². The van der Waals surface area contributed by atoms with Crippen LogP contribution >= 0.6 is 0 Å². The fraction of sp³-hybridized carbons (Fsp3) is 0.500. The van der Waals surface area contributed by atoms with Gasteiger partial charge < -0.3 is 0 Å². The van der Waals surface area contributed by atoms with Gasteiger partial charge in [0.15, 0.2) is 0 Å². The highest BCUT2D eigenvalue weighted by Crippen LogP contribution is 2.18. The van der Waals surface area contributed by atoms with Crippen molar-refractivity contribution >= 4 is 0 Å². The molecule has 0 aromatic heterocycles. The summed E-state index contributed by atoms with van der Waals surface area (Å²) >= 11 is 0. The molecule has 0 aliphatic carbocycles. The highest BCUT2D eigenvalue weighted by Gasteiger charge is 2.06. The Morgan fingerprint density at radius 1 is 1.00 bits per heavy atom. The Morgan fingerprint density at radius 2 is 1.57 bits per heavy atom. The minimum Gasteiger partial charge on any atom is -0.211 e. The van der Waals surface area contributed by atoms with Gasteiger partial charge in [0, 0.05) is 6.42 Å². The van der Waals surface area contributed by atoms with Crippen molar-refractivity contribution in [3.63, 3.8) is 0 Å². The first kappa shape index (κ1) is 11.2. The molecule has 0 unspecified atom stereocenters. The second-order valence-corrected chi connectivity index (χ2v) is 3.79. The van der Waals surface area contributed by atoms with E-state index >= 15 is 0 Å². The van der Waals surface area contributed by atoms with Crippen molar-refractivity contribution < 1.29 is 8.78 Å². The summed E-state index contributed by atoms with van der Waals surface area (Å²) in [6.07, 6.45) is -1.76. The lowest BCUT2D eigenvalue weighted by atomic mass is 9.98. The summed E-state index contributed by atoms with van der Waals surface area (Å²) in [5.41, 5.74) is 4.57. The maximum atomic E-state index is 12.0. The first-order valence-electron chi connectivity index (χ1n) is 4.85. The number of alkyl halides is 2. The molecule has 0 fully saturated rings. The molecule has 0 radical (unpaired) electrons. The van der Waals surface area contributed by atoms with Gasteiger partial charge in [-0.05, 0) is 49.4 Å². The van der Waals surface area contributed by atoms with Gasteiger partial charge in [0.2, 0.25) is 6.43 Å². The second-order valence-electron chi connectivity index (χ2n) is 3.79. The summed E-state index contributed by atoms with van der Waals surface area (Å²) in [7, 11) is 0. The molecule has 2 heteroatoms. The molecule has 1 aromatic carbocycles. The van der Waals surface area contributed by atoms with Crippen LogP contribution in [-0.2, 0) is 6.42 Å². The van der Waals surface area contributed by atoms with Gasteiger partial charge >= 0.3 is 0 Å². The molecule has 0 saturated carbocycles. The molecule has 0 heterocycles. The third-order valence-corrected chi connectivity index (χ3v) is 2.58. The number of aryl methyl sites for hydroxylation is 4. The van der Waals surface area contributed by atoms with Crippen molar-refractivity contribution in [1.82, 2.24) is 0 Å². The average Bonchev–Trinajstić information content (AvgIpc) is 2.09. The molecule has 0 amide bonds. The first-order valence-corrected chi connectivity index (χ1v) is 4.85. The van der Waals surface area contributed by atoms with E-state index < -0.39 is 6.43 Å². The fourth-order valence-corrected chi connectivity index (χ4v) is 1.55. The predicted octanol–water partition coefficient (Wildman–Crippen LogP) is 3.81. The van der Waals surface area contributed by atoms with Crippen LogP contribution < -0.4 is 0 Å². The SMILES string of the molecule is Cc1cc(C)c(CCC(F)F)cc1C. The van der Waals surface area contributed by atoms with Gasteiger partial charge in [-0.2, -0.15) is 0 Å². The highest BCUT2D eigenvalue weighted by atomic mass is 19.3. The summed E-state index contributed by atoms with van der Waals surface area (Å²) < 4.78 is 24.1. The van der Waals surface area contributed by atoms with E-state index in [1.807, 2.05) is 26.8 Å². The molecule has 0 N–H and O–H groups in total. The summed E-state index contributed by atoms with van der Waals surface area (Å²) in [4.78, 5) is 0. The Morgan fingerprint density at radius 3 is 2.14 bits per heavy atom. The summed E-state index contributed by atoms with van der Waals surface area (Å²) in [5, 5.41) is 0. The molecule has 0 nitrogen and oxygen atoms in total. The monoisotopic (exact) mass is 198 g/mol. The van der Waals surface area contributed by atoms with Crippen molar-refractivity contribution in [2.24, 2.45) is 0 Å². The topological polar surface area (TPSA) is 0 Å². The van der Waals surface area contributed by atoms with E-state index in [4.69, 9.17) is 0 Å². The minimum absolute atomic E-state index is 0.0384. The molecule has 0 bridgehead atoms. The van der Waals surface area contributed by atoms with Crippen molar-refractivity contribution in [2.75, 3.05) is 0 Å². The van der Waals surface area contributed by atoms with Crippen LogP contribution in [0, 0.1) is 20.8 Å². The average molecular weight is 198 g/mol. The van der Waals surface area contributed by atoms with Crippen LogP contribution in [0.25, 0.3) is 0 Å². The Bertz CT molecular complexity index is 316. The van der Waals surface area contributed by atoms with E-state index in [0.717, 1.165) is 11.1 Å². The normalized spacial score (nSPS) is 11.0. The molecule has 0 atom stereocenters. The molecule has 0 saturated heterocycles. The van der Waals surface area contributed by atoms with Gasteiger partial charge in [-0.15, -0.1) is 0 Å². The summed E-state index contributed by atoms with van der Waals surface area (Å²) in [5.74, 6) is 0. The zero-order valence-electron chi connectivity index (χ0n) is 8.90. The number of hydrogen-bond donors (Lipinski definition) is 0. The second kappa shape index (κ2) is 4.54. The van der Waals surface area contributed by atoms with E-state index in [2.05, 4.69) is 6.07 Å².